The topological polar surface area (TPSA) is 43.2 Å². The highest BCUT2D eigenvalue weighted by Crippen LogP contribution is 2.40. The van der Waals surface area contributed by atoms with Crippen LogP contribution in [0, 0.1) is 0 Å². The summed E-state index contributed by atoms with van der Waals surface area (Å²) >= 11 is 0. The Kier molecular flexibility index (Phi) is 6.16. The van der Waals surface area contributed by atoms with E-state index in [9.17, 15) is 13.2 Å². The largest absolute Gasteiger partial charge is 0.417 e. The number of ether oxygens (including phenoxy) is 1. The van der Waals surface area contributed by atoms with Crippen molar-refractivity contribution in [1.29, 1.82) is 0 Å². The molecule has 1 aliphatic heterocycles. The summed E-state index contributed by atoms with van der Waals surface area (Å²) in [6.07, 6.45) is 2.23. The molecule has 1 saturated heterocycles. The van der Waals surface area contributed by atoms with Gasteiger partial charge in [0, 0.05) is 61.3 Å². The molecule has 0 unspecified atom stereocenters. The molecule has 5 nitrogen and oxygen atoms in total. The highest BCUT2D eigenvalue weighted by atomic mass is 19.4. The lowest BCUT2D eigenvalue weighted by Gasteiger charge is -2.27. The summed E-state index contributed by atoms with van der Waals surface area (Å²) < 4.78 is 46.9. The maximum absolute atomic E-state index is 13.1. The van der Waals surface area contributed by atoms with E-state index in [4.69, 9.17) is 4.74 Å². The van der Waals surface area contributed by atoms with Gasteiger partial charge in [-0.25, -0.2) is 0 Å². The minimum atomic E-state index is -4.41. The number of hydrogen-bond acceptors (Lipinski definition) is 4. The minimum Gasteiger partial charge on any atom is -0.380 e. The van der Waals surface area contributed by atoms with Crippen LogP contribution in [0.1, 0.15) is 62.7 Å². The van der Waals surface area contributed by atoms with Crippen molar-refractivity contribution in [2.75, 3.05) is 26.3 Å². The second kappa shape index (κ2) is 8.67. The van der Waals surface area contributed by atoms with E-state index in [1.165, 1.54) is 6.20 Å². The lowest BCUT2D eigenvalue weighted by molar-refractivity contribution is -0.137. The van der Waals surface area contributed by atoms with Crippen molar-refractivity contribution >= 4 is 0 Å². The quantitative estimate of drug-likeness (QED) is 0.703. The molecule has 0 radical (unpaired) electrons. The Balaban J connectivity index is 1.58. The van der Waals surface area contributed by atoms with E-state index < -0.39 is 11.7 Å². The molecule has 30 heavy (non-hydrogen) atoms. The molecule has 2 aliphatic rings. The Hall–Kier alpha value is -1.93. The third-order valence-electron chi connectivity index (χ3n) is 6.21. The van der Waals surface area contributed by atoms with Gasteiger partial charge < -0.3 is 4.74 Å². The molecule has 3 heterocycles. The molecule has 2 aromatic heterocycles. The van der Waals surface area contributed by atoms with Gasteiger partial charge in [0.05, 0.1) is 17.9 Å². The Labute approximate surface area is 175 Å². The second-order valence-electron chi connectivity index (χ2n) is 8.62. The van der Waals surface area contributed by atoms with Gasteiger partial charge in [0.25, 0.3) is 0 Å². The number of alkyl halides is 3. The number of aromatic nitrogens is 3. The van der Waals surface area contributed by atoms with Crippen LogP contribution in [-0.4, -0.2) is 52.0 Å². The molecule has 1 saturated carbocycles. The zero-order valence-corrected chi connectivity index (χ0v) is 17.5. The average Bonchev–Trinajstić information content (AvgIpc) is 3.28. The number of halogens is 3. The molecule has 0 amide bonds. The van der Waals surface area contributed by atoms with Crippen molar-refractivity contribution < 1.29 is 17.9 Å². The molecule has 0 spiro atoms. The van der Waals surface area contributed by atoms with Crippen LogP contribution < -0.4 is 0 Å². The molecule has 1 aliphatic carbocycles. The molecule has 0 bridgehead atoms. The van der Waals surface area contributed by atoms with E-state index >= 15 is 0 Å². The number of rotatable bonds is 4. The second-order valence-corrected chi connectivity index (χ2v) is 8.62. The van der Waals surface area contributed by atoms with Gasteiger partial charge in [-0.3, -0.25) is 14.6 Å². The van der Waals surface area contributed by atoms with Crippen LogP contribution in [0.25, 0.3) is 11.3 Å². The van der Waals surface area contributed by atoms with Crippen LogP contribution in [0.2, 0.25) is 0 Å². The summed E-state index contributed by atoms with van der Waals surface area (Å²) in [7, 11) is 0. The Morgan fingerprint density at radius 1 is 1.10 bits per heavy atom. The van der Waals surface area contributed by atoms with Crippen LogP contribution >= 0.6 is 0 Å². The highest BCUT2D eigenvalue weighted by molar-refractivity contribution is 5.59. The van der Waals surface area contributed by atoms with E-state index in [-0.39, 0.29) is 6.04 Å². The maximum Gasteiger partial charge on any atom is 0.417 e. The van der Waals surface area contributed by atoms with E-state index in [1.54, 1.807) is 0 Å². The Bertz CT molecular complexity index is 856. The summed E-state index contributed by atoms with van der Waals surface area (Å²) in [5.41, 5.74) is 1.34. The highest BCUT2D eigenvalue weighted by Gasteiger charge is 2.34. The van der Waals surface area contributed by atoms with Gasteiger partial charge in [-0.1, -0.05) is 0 Å². The third kappa shape index (κ3) is 4.54. The lowest BCUT2D eigenvalue weighted by atomic mass is 10.0. The monoisotopic (exact) mass is 422 g/mol. The van der Waals surface area contributed by atoms with Crippen LogP contribution in [-0.2, 0) is 10.9 Å². The molecular weight excluding hydrogens is 393 g/mol. The molecule has 2 atom stereocenters. The van der Waals surface area contributed by atoms with E-state index in [0.717, 1.165) is 69.9 Å². The van der Waals surface area contributed by atoms with Crippen LogP contribution in [0.3, 0.4) is 0 Å². The van der Waals surface area contributed by atoms with Gasteiger partial charge in [0.15, 0.2) is 0 Å². The summed E-state index contributed by atoms with van der Waals surface area (Å²) in [6.45, 7) is 7.79. The lowest BCUT2D eigenvalue weighted by Crippen LogP contribution is -2.35. The van der Waals surface area contributed by atoms with Gasteiger partial charge in [0.2, 0.25) is 0 Å². The fourth-order valence-electron chi connectivity index (χ4n) is 4.69. The van der Waals surface area contributed by atoms with Crippen molar-refractivity contribution in [2.45, 2.75) is 63.7 Å². The first-order chi connectivity index (χ1) is 14.3. The third-order valence-corrected chi connectivity index (χ3v) is 6.21. The van der Waals surface area contributed by atoms with Crippen molar-refractivity contribution in [3.05, 3.63) is 35.8 Å². The van der Waals surface area contributed by atoms with Crippen LogP contribution in [0.5, 0.6) is 0 Å². The van der Waals surface area contributed by atoms with Gasteiger partial charge in [-0.2, -0.15) is 18.3 Å². The first-order valence-electron chi connectivity index (χ1n) is 10.8. The number of nitrogens with zero attached hydrogens (tertiary/aromatic N) is 4. The predicted octanol–water partition coefficient (Wildman–Crippen LogP) is 4.90. The average molecular weight is 422 g/mol. The van der Waals surface area contributed by atoms with Crippen molar-refractivity contribution in [2.24, 2.45) is 0 Å². The van der Waals surface area contributed by atoms with Gasteiger partial charge >= 0.3 is 6.18 Å². The summed E-state index contributed by atoms with van der Waals surface area (Å²) in [5, 5.41) is 4.68. The SMILES string of the molecule is CC(C)n1nc(-c2cncc(C(F)(F)F)c2)cc1[C@H]1CC[C@H](N2CCCOCC2)C1. The summed E-state index contributed by atoms with van der Waals surface area (Å²) in [6, 6.07) is 3.78. The molecule has 0 N–H and O–H groups in total. The van der Waals surface area contributed by atoms with Crippen molar-refractivity contribution in [1.82, 2.24) is 19.7 Å². The fraction of sp³-hybridized carbons (Fsp3) is 0.636. The standard InChI is InChI=1S/C22H29F3N4O/c1-15(2)29-21(16-4-5-19(11-16)28-6-3-8-30-9-7-28)12-20(27-29)17-10-18(14-26-13-17)22(23,24)25/h10,12-16,19H,3-9,11H2,1-2H3/t16-,19-/m0/s1. The first kappa shape index (κ1) is 21.3. The zero-order chi connectivity index (χ0) is 21.3. The zero-order valence-electron chi connectivity index (χ0n) is 17.5. The summed E-state index contributed by atoms with van der Waals surface area (Å²) in [4.78, 5) is 6.35. The van der Waals surface area contributed by atoms with Crippen LogP contribution in [0.4, 0.5) is 13.2 Å². The Morgan fingerprint density at radius 3 is 2.70 bits per heavy atom. The predicted molar refractivity (Wildman–Crippen MR) is 108 cm³/mol. The van der Waals surface area contributed by atoms with Gasteiger partial charge in [-0.15, -0.1) is 0 Å². The van der Waals surface area contributed by atoms with E-state index in [1.807, 2.05) is 10.7 Å². The van der Waals surface area contributed by atoms with Crippen molar-refractivity contribution in [3.8, 4) is 11.3 Å². The van der Waals surface area contributed by atoms with Gasteiger partial charge in [0.1, 0.15) is 0 Å². The molecular formula is C22H29F3N4O. The molecule has 164 valence electrons. The number of pyridine rings is 1. The van der Waals surface area contributed by atoms with Crippen molar-refractivity contribution in [3.63, 3.8) is 0 Å². The molecule has 2 aromatic rings. The smallest absolute Gasteiger partial charge is 0.380 e. The van der Waals surface area contributed by atoms with E-state index in [0.29, 0.717) is 23.2 Å². The molecule has 8 heteroatoms. The molecule has 2 fully saturated rings. The summed E-state index contributed by atoms with van der Waals surface area (Å²) in [5.74, 6) is 0.363. The molecule has 4 rings (SSSR count). The maximum atomic E-state index is 13.1. The van der Waals surface area contributed by atoms with E-state index in [2.05, 4.69) is 28.8 Å². The number of hydrogen-bond donors (Lipinski definition) is 0. The fourth-order valence-corrected chi connectivity index (χ4v) is 4.69. The van der Waals surface area contributed by atoms with Gasteiger partial charge in [-0.05, 0) is 51.7 Å². The Morgan fingerprint density at radius 2 is 1.93 bits per heavy atom. The van der Waals surface area contributed by atoms with Crippen LogP contribution in [0.15, 0.2) is 24.5 Å². The first-order valence-corrected chi connectivity index (χ1v) is 10.8. The normalized spacial score (nSPS) is 23.8. The minimum absolute atomic E-state index is 0.137. The molecule has 0 aromatic carbocycles.